The van der Waals surface area contributed by atoms with Gasteiger partial charge in [-0.2, -0.15) is 0 Å². The number of fused-ring (bicyclic) bond motifs is 1. The van der Waals surface area contributed by atoms with Crippen LogP contribution >= 0.6 is 23.2 Å². The highest BCUT2D eigenvalue weighted by atomic mass is 35.5. The molecule has 4 nitrogen and oxygen atoms in total. The Morgan fingerprint density at radius 1 is 1.20 bits per heavy atom. The molecular formula is C18H16Cl2FN3O. The number of nitrogens with one attached hydrogen (secondary N) is 2. The van der Waals surface area contributed by atoms with Crippen molar-refractivity contribution in [3.63, 3.8) is 0 Å². The van der Waals surface area contributed by atoms with Crippen LogP contribution in [0.4, 0.5) is 4.39 Å². The van der Waals surface area contributed by atoms with Gasteiger partial charge < -0.3 is 10.3 Å². The second-order valence-corrected chi connectivity index (χ2v) is 6.89. The first-order valence-corrected chi connectivity index (χ1v) is 8.52. The maximum absolute atomic E-state index is 13.7. The Bertz CT molecular complexity index is 906. The van der Waals surface area contributed by atoms with Crippen molar-refractivity contribution in [2.75, 3.05) is 0 Å². The molecule has 3 rings (SSSR count). The number of nitrogens with zero attached hydrogens (tertiary/aromatic N) is 1. The predicted octanol–water partition coefficient (Wildman–Crippen LogP) is 5.14. The second kappa shape index (κ2) is 7.02. The van der Waals surface area contributed by atoms with Crippen molar-refractivity contribution in [2.45, 2.75) is 19.9 Å². The van der Waals surface area contributed by atoms with Gasteiger partial charge in [-0.05, 0) is 30.2 Å². The van der Waals surface area contributed by atoms with Crippen LogP contribution in [0.5, 0.6) is 0 Å². The first-order valence-electron chi connectivity index (χ1n) is 7.77. The molecule has 7 heteroatoms. The van der Waals surface area contributed by atoms with Gasteiger partial charge in [-0.25, -0.2) is 9.37 Å². The summed E-state index contributed by atoms with van der Waals surface area (Å²) in [6, 6.07) is 9.48. The number of carbonyl (C=O) groups excluding carboxylic acids is 1. The van der Waals surface area contributed by atoms with Gasteiger partial charge in [0.1, 0.15) is 11.6 Å². The molecule has 1 heterocycles. The first kappa shape index (κ1) is 17.7. The third-order valence-electron chi connectivity index (χ3n) is 3.91. The fourth-order valence-electron chi connectivity index (χ4n) is 2.59. The molecule has 0 aliphatic carbocycles. The molecule has 2 N–H and O–H groups in total. The first-order chi connectivity index (χ1) is 11.9. The Hall–Kier alpha value is -2.11. The fourth-order valence-corrected chi connectivity index (χ4v) is 3.06. The summed E-state index contributed by atoms with van der Waals surface area (Å²) in [4.78, 5) is 20.3. The van der Waals surface area contributed by atoms with Gasteiger partial charge in [-0.1, -0.05) is 49.2 Å². The number of halogens is 3. The van der Waals surface area contributed by atoms with Crippen molar-refractivity contribution < 1.29 is 9.18 Å². The van der Waals surface area contributed by atoms with Gasteiger partial charge in [0.25, 0.3) is 5.91 Å². The van der Waals surface area contributed by atoms with E-state index in [2.05, 4.69) is 15.3 Å². The molecule has 0 spiro atoms. The highest BCUT2D eigenvalue weighted by Gasteiger charge is 2.24. The predicted molar refractivity (Wildman–Crippen MR) is 97.6 cm³/mol. The van der Waals surface area contributed by atoms with Gasteiger partial charge in [0.15, 0.2) is 0 Å². The van der Waals surface area contributed by atoms with Gasteiger partial charge in [-0.15, -0.1) is 0 Å². The topological polar surface area (TPSA) is 57.8 Å². The molecule has 3 aromatic rings. The van der Waals surface area contributed by atoms with Crippen LogP contribution in [0.1, 0.15) is 36.1 Å². The van der Waals surface area contributed by atoms with E-state index >= 15 is 0 Å². The van der Waals surface area contributed by atoms with E-state index in [1.165, 1.54) is 6.07 Å². The minimum absolute atomic E-state index is 0.0327. The van der Waals surface area contributed by atoms with E-state index in [-0.39, 0.29) is 27.6 Å². The number of amides is 1. The number of H-pyrrole nitrogens is 1. The molecule has 0 bridgehead atoms. The Labute approximate surface area is 154 Å². The van der Waals surface area contributed by atoms with E-state index in [0.717, 1.165) is 17.1 Å². The van der Waals surface area contributed by atoms with Crippen molar-refractivity contribution in [1.82, 2.24) is 15.3 Å². The molecule has 1 amide bonds. The summed E-state index contributed by atoms with van der Waals surface area (Å²) in [7, 11) is 0. The number of aromatic nitrogens is 2. The molecule has 1 aromatic heterocycles. The van der Waals surface area contributed by atoms with Crippen molar-refractivity contribution in [3.05, 3.63) is 63.6 Å². The molecule has 0 saturated carbocycles. The maximum Gasteiger partial charge on any atom is 0.253 e. The maximum atomic E-state index is 13.7. The number of imidazole rings is 1. The van der Waals surface area contributed by atoms with Crippen molar-refractivity contribution in [3.8, 4) is 0 Å². The number of hydrogen-bond acceptors (Lipinski definition) is 2. The molecular weight excluding hydrogens is 364 g/mol. The smallest absolute Gasteiger partial charge is 0.253 e. The minimum Gasteiger partial charge on any atom is -0.342 e. The number of para-hydroxylation sites is 2. The van der Waals surface area contributed by atoms with Gasteiger partial charge in [0.05, 0.1) is 32.7 Å². The summed E-state index contributed by atoms with van der Waals surface area (Å²) in [5.41, 5.74) is 1.73. The van der Waals surface area contributed by atoms with Crippen LogP contribution in [0.25, 0.3) is 11.0 Å². The normalized spacial score (nSPS) is 12.6. The molecule has 1 unspecified atom stereocenters. The van der Waals surface area contributed by atoms with Crippen LogP contribution in [0.2, 0.25) is 10.0 Å². The summed E-state index contributed by atoms with van der Waals surface area (Å²) in [6.07, 6.45) is 0. The highest BCUT2D eigenvalue weighted by Crippen LogP contribution is 2.27. The molecule has 2 aromatic carbocycles. The number of hydrogen-bond donors (Lipinski definition) is 2. The number of aromatic amines is 1. The second-order valence-electron chi connectivity index (χ2n) is 6.08. The lowest BCUT2D eigenvalue weighted by atomic mass is 10.0. The molecule has 0 aliphatic rings. The number of rotatable bonds is 4. The van der Waals surface area contributed by atoms with Crippen LogP contribution < -0.4 is 5.32 Å². The van der Waals surface area contributed by atoms with E-state index in [1.54, 1.807) is 0 Å². The Morgan fingerprint density at radius 2 is 1.92 bits per heavy atom. The average Bonchev–Trinajstić information content (AvgIpc) is 2.99. The van der Waals surface area contributed by atoms with E-state index in [0.29, 0.717) is 5.82 Å². The Morgan fingerprint density at radius 3 is 2.60 bits per heavy atom. The molecule has 25 heavy (non-hydrogen) atoms. The van der Waals surface area contributed by atoms with Crippen LogP contribution in [-0.2, 0) is 0 Å². The number of carbonyl (C=O) groups is 1. The zero-order valence-corrected chi connectivity index (χ0v) is 15.1. The lowest BCUT2D eigenvalue weighted by Gasteiger charge is -2.20. The molecule has 0 saturated heterocycles. The zero-order valence-electron chi connectivity index (χ0n) is 13.6. The van der Waals surface area contributed by atoms with Crippen molar-refractivity contribution in [1.29, 1.82) is 0 Å². The summed E-state index contributed by atoms with van der Waals surface area (Å²) in [5, 5.41) is 2.84. The molecule has 0 fully saturated rings. The third kappa shape index (κ3) is 3.62. The zero-order chi connectivity index (χ0) is 18.1. The molecule has 1 atom stereocenters. The van der Waals surface area contributed by atoms with Gasteiger partial charge in [0.2, 0.25) is 0 Å². The lowest BCUT2D eigenvalue weighted by molar-refractivity contribution is 0.0923. The van der Waals surface area contributed by atoms with E-state index in [9.17, 15) is 9.18 Å². The van der Waals surface area contributed by atoms with E-state index in [4.69, 9.17) is 23.2 Å². The Balaban J connectivity index is 1.92. The fraction of sp³-hybridized carbons (Fsp3) is 0.222. The summed E-state index contributed by atoms with van der Waals surface area (Å²) < 4.78 is 13.7. The SMILES string of the molecule is CC(C)C(NC(=O)c1cc(F)c(Cl)cc1Cl)c1nc2ccccc2[nH]1. The molecule has 0 radical (unpaired) electrons. The summed E-state index contributed by atoms with van der Waals surface area (Å²) >= 11 is 11.7. The molecule has 0 aliphatic heterocycles. The van der Waals surface area contributed by atoms with E-state index in [1.807, 2.05) is 38.1 Å². The average molecular weight is 380 g/mol. The van der Waals surface area contributed by atoms with Gasteiger partial charge in [-0.3, -0.25) is 4.79 Å². The Kier molecular flexibility index (Phi) is 4.97. The summed E-state index contributed by atoms with van der Waals surface area (Å²) in [5.74, 6) is -0.490. The van der Waals surface area contributed by atoms with Gasteiger partial charge in [0, 0.05) is 0 Å². The highest BCUT2D eigenvalue weighted by molar-refractivity contribution is 6.36. The van der Waals surface area contributed by atoms with Crippen LogP contribution in [0.3, 0.4) is 0 Å². The minimum atomic E-state index is -0.693. The van der Waals surface area contributed by atoms with E-state index < -0.39 is 11.7 Å². The largest absolute Gasteiger partial charge is 0.342 e. The molecule has 130 valence electrons. The van der Waals surface area contributed by atoms with Crippen LogP contribution in [0.15, 0.2) is 36.4 Å². The van der Waals surface area contributed by atoms with Crippen molar-refractivity contribution in [2.24, 2.45) is 5.92 Å². The quantitative estimate of drug-likeness (QED) is 0.616. The van der Waals surface area contributed by atoms with Crippen LogP contribution in [-0.4, -0.2) is 15.9 Å². The van der Waals surface area contributed by atoms with Crippen molar-refractivity contribution >= 4 is 40.1 Å². The van der Waals surface area contributed by atoms with Crippen LogP contribution in [0, 0.1) is 11.7 Å². The standard InChI is InChI=1S/C18H16Cl2FN3O/c1-9(2)16(17-22-14-5-3-4-6-15(14)23-17)24-18(25)10-7-13(21)12(20)8-11(10)19/h3-9,16H,1-2H3,(H,22,23)(H,24,25). The lowest BCUT2D eigenvalue weighted by Crippen LogP contribution is -2.32. The monoisotopic (exact) mass is 379 g/mol. The third-order valence-corrected chi connectivity index (χ3v) is 4.51. The van der Waals surface area contributed by atoms with Gasteiger partial charge >= 0.3 is 0 Å². The number of benzene rings is 2. The summed E-state index contributed by atoms with van der Waals surface area (Å²) in [6.45, 7) is 3.92.